The zero-order valence-electron chi connectivity index (χ0n) is 32.1. The van der Waals surface area contributed by atoms with Gasteiger partial charge in [0.2, 0.25) is 0 Å². The van der Waals surface area contributed by atoms with Gasteiger partial charge in [0.25, 0.3) is 0 Å². The van der Waals surface area contributed by atoms with Crippen LogP contribution in [0.5, 0.6) is 0 Å². The van der Waals surface area contributed by atoms with E-state index in [2.05, 4.69) is 228 Å². The molecule has 12 rings (SSSR count). The van der Waals surface area contributed by atoms with Crippen LogP contribution in [-0.4, -0.2) is 4.57 Å². The van der Waals surface area contributed by atoms with Crippen LogP contribution in [0.2, 0.25) is 0 Å². The Bertz CT molecular complexity index is 3500. The summed E-state index contributed by atoms with van der Waals surface area (Å²) in [5, 5.41) is 9.55. The number of anilines is 3. The SMILES string of the molecule is c1ccc(-n2c3ccccc3c3ccccc32)c(-c2ccc(N(c3ccc(-c4ccc5c(c4)oc4c6ccccc6ccc54)cc3)c3ccc4ccccc4c3)cc2)c1. The molecular formula is C56H36N2O. The molecule has 276 valence electrons. The third-order valence-corrected chi connectivity index (χ3v) is 12.0. The number of aromatic nitrogens is 1. The van der Waals surface area contributed by atoms with Gasteiger partial charge in [0, 0.05) is 49.6 Å². The van der Waals surface area contributed by atoms with Gasteiger partial charge in [-0.2, -0.15) is 0 Å². The Morgan fingerprint density at radius 2 is 0.881 bits per heavy atom. The number of rotatable bonds is 6. The van der Waals surface area contributed by atoms with Crippen LogP contribution >= 0.6 is 0 Å². The van der Waals surface area contributed by atoms with Crippen LogP contribution < -0.4 is 4.90 Å². The monoisotopic (exact) mass is 752 g/mol. The third kappa shape index (κ3) is 5.44. The van der Waals surface area contributed by atoms with Crippen LogP contribution in [0.1, 0.15) is 0 Å². The summed E-state index contributed by atoms with van der Waals surface area (Å²) in [6, 6.07) is 78.7. The molecule has 0 aliphatic rings. The summed E-state index contributed by atoms with van der Waals surface area (Å²) in [6.07, 6.45) is 0. The van der Waals surface area contributed by atoms with E-state index in [4.69, 9.17) is 4.42 Å². The Labute approximate surface area is 341 Å². The molecule has 0 saturated heterocycles. The quantitative estimate of drug-likeness (QED) is 0.169. The summed E-state index contributed by atoms with van der Waals surface area (Å²) >= 11 is 0. The van der Waals surface area contributed by atoms with Crippen molar-refractivity contribution in [2.45, 2.75) is 0 Å². The topological polar surface area (TPSA) is 21.3 Å². The molecule has 2 heterocycles. The molecule has 0 saturated carbocycles. The van der Waals surface area contributed by atoms with Gasteiger partial charge in [0.1, 0.15) is 11.2 Å². The molecule has 0 amide bonds. The molecule has 0 spiro atoms. The molecule has 3 nitrogen and oxygen atoms in total. The highest BCUT2D eigenvalue weighted by Gasteiger charge is 2.18. The first kappa shape index (κ1) is 33.3. The normalized spacial score (nSPS) is 11.7. The lowest BCUT2D eigenvalue weighted by molar-refractivity contribution is 0.673. The molecule has 12 aromatic rings. The standard InChI is InChI=1S/C56H36N2O/c1-2-13-41-35-45(32-23-37(41)11-1)57(43-28-21-38(22-29-43)42-27-33-50-51-34-26-39-12-3-4-15-47(39)56(51)59-55(50)36-42)44-30-24-40(25-31-44)46-14-5-8-18-52(46)58-53-19-9-6-16-48(53)49-17-7-10-20-54(49)58/h1-36H. The summed E-state index contributed by atoms with van der Waals surface area (Å²) in [5.74, 6) is 0. The fraction of sp³-hybridized carbons (Fsp3) is 0. The van der Waals surface area contributed by atoms with Gasteiger partial charge < -0.3 is 13.9 Å². The van der Waals surface area contributed by atoms with Crippen molar-refractivity contribution < 1.29 is 4.42 Å². The van der Waals surface area contributed by atoms with E-state index >= 15 is 0 Å². The predicted molar refractivity (Wildman–Crippen MR) is 249 cm³/mol. The van der Waals surface area contributed by atoms with Crippen molar-refractivity contribution in [1.82, 2.24) is 4.57 Å². The van der Waals surface area contributed by atoms with Gasteiger partial charge in [-0.3, -0.25) is 0 Å². The molecule has 0 aliphatic heterocycles. The van der Waals surface area contributed by atoms with E-state index in [0.29, 0.717) is 0 Å². The van der Waals surface area contributed by atoms with Gasteiger partial charge in [-0.25, -0.2) is 0 Å². The fourth-order valence-electron chi connectivity index (χ4n) is 9.13. The predicted octanol–water partition coefficient (Wildman–Crippen LogP) is 15.8. The Hall–Kier alpha value is -7.88. The first-order valence-electron chi connectivity index (χ1n) is 20.2. The van der Waals surface area contributed by atoms with Gasteiger partial charge in [0.05, 0.1) is 16.7 Å². The van der Waals surface area contributed by atoms with Crippen LogP contribution in [-0.2, 0) is 0 Å². The summed E-state index contributed by atoms with van der Waals surface area (Å²) in [6.45, 7) is 0. The van der Waals surface area contributed by atoms with E-state index < -0.39 is 0 Å². The summed E-state index contributed by atoms with van der Waals surface area (Å²) in [4.78, 5) is 2.35. The van der Waals surface area contributed by atoms with Crippen LogP contribution in [0.4, 0.5) is 17.1 Å². The smallest absolute Gasteiger partial charge is 0.143 e. The number of furan rings is 1. The summed E-state index contributed by atoms with van der Waals surface area (Å²) in [5.41, 5.74) is 13.3. The first-order valence-corrected chi connectivity index (χ1v) is 20.2. The molecule has 0 radical (unpaired) electrons. The van der Waals surface area contributed by atoms with Crippen LogP contribution in [0.25, 0.3) is 93.2 Å². The molecule has 10 aromatic carbocycles. The van der Waals surface area contributed by atoms with Crippen molar-refractivity contribution in [3.63, 3.8) is 0 Å². The van der Waals surface area contributed by atoms with E-state index in [1.54, 1.807) is 0 Å². The molecule has 59 heavy (non-hydrogen) atoms. The number of fused-ring (bicyclic) bond motifs is 9. The van der Waals surface area contributed by atoms with Crippen LogP contribution in [0.3, 0.4) is 0 Å². The lowest BCUT2D eigenvalue weighted by Gasteiger charge is -2.26. The van der Waals surface area contributed by atoms with E-state index in [1.807, 2.05) is 0 Å². The zero-order valence-corrected chi connectivity index (χ0v) is 32.1. The largest absolute Gasteiger partial charge is 0.455 e. The average molecular weight is 753 g/mol. The molecule has 0 atom stereocenters. The minimum atomic E-state index is 0.899. The van der Waals surface area contributed by atoms with Crippen LogP contribution in [0.15, 0.2) is 223 Å². The number of benzene rings is 10. The highest BCUT2D eigenvalue weighted by atomic mass is 16.3. The average Bonchev–Trinajstić information content (AvgIpc) is 3.85. The van der Waals surface area contributed by atoms with Gasteiger partial charge in [-0.15, -0.1) is 0 Å². The van der Waals surface area contributed by atoms with E-state index in [1.165, 1.54) is 43.5 Å². The molecule has 2 aromatic heterocycles. The molecule has 0 unspecified atom stereocenters. The van der Waals surface area contributed by atoms with E-state index in [9.17, 15) is 0 Å². The second kappa shape index (κ2) is 13.4. The van der Waals surface area contributed by atoms with E-state index in [0.717, 1.165) is 66.8 Å². The Morgan fingerprint density at radius 1 is 0.339 bits per heavy atom. The number of hydrogen-bond donors (Lipinski definition) is 0. The summed E-state index contributed by atoms with van der Waals surface area (Å²) < 4.78 is 8.95. The first-order chi connectivity index (χ1) is 29.2. The Balaban J connectivity index is 0.940. The van der Waals surface area contributed by atoms with Gasteiger partial charge in [0.15, 0.2) is 0 Å². The number of para-hydroxylation sites is 3. The van der Waals surface area contributed by atoms with Crippen LogP contribution in [0, 0.1) is 0 Å². The summed E-state index contributed by atoms with van der Waals surface area (Å²) in [7, 11) is 0. The molecule has 3 heteroatoms. The van der Waals surface area contributed by atoms with Crippen molar-refractivity contribution in [1.29, 1.82) is 0 Å². The van der Waals surface area contributed by atoms with E-state index in [-0.39, 0.29) is 0 Å². The second-order valence-corrected chi connectivity index (χ2v) is 15.3. The fourth-order valence-corrected chi connectivity index (χ4v) is 9.13. The highest BCUT2D eigenvalue weighted by molar-refractivity contribution is 6.15. The second-order valence-electron chi connectivity index (χ2n) is 15.3. The van der Waals surface area contributed by atoms with Crippen molar-refractivity contribution in [3.8, 4) is 27.9 Å². The van der Waals surface area contributed by atoms with Crippen molar-refractivity contribution in [2.24, 2.45) is 0 Å². The minimum Gasteiger partial charge on any atom is -0.455 e. The molecule has 0 fully saturated rings. The maximum atomic E-state index is 6.54. The maximum Gasteiger partial charge on any atom is 0.143 e. The Morgan fingerprint density at radius 3 is 1.63 bits per heavy atom. The maximum absolute atomic E-state index is 6.54. The molecule has 0 aliphatic carbocycles. The van der Waals surface area contributed by atoms with Crippen molar-refractivity contribution >= 4 is 82.4 Å². The molecule has 0 N–H and O–H groups in total. The third-order valence-electron chi connectivity index (χ3n) is 12.0. The van der Waals surface area contributed by atoms with Crippen molar-refractivity contribution in [2.75, 3.05) is 4.90 Å². The number of hydrogen-bond acceptors (Lipinski definition) is 2. The van der Waals surface area contributed by atoms with Crippen molar-refractivity contribution in [3.05, 3.63) is 218 Å². The number of nitrogens with zero attached hydrogens (tertiary/aromatic N) is 2. The van der Waals surface area contributed by atoms with Gasteiger partial charge >= 0.3 is 0 Å². The Kier molecular flexibility index (Phi) is 7.54. The molecule has 0 bridgehead atoms. The zero-order chi connectivity index (χ0) is 38.9. The van der Waals surface area contributed by atoms with Gasteiger partial charge in [-0.05, 0) is 106 Å². The lowest BCUT2D eigenvalue weighted by Crippen LogP contribution is -2.10. The highest BCUT2D eigenvalue weighted by Crippen LogP contribution is 2.41. The molecular weight excluding hydrogens is 717 g/mol. The minimum absolute atomic E-state index is 0.899. The van der Waals surface area contributed by atoms with Gasteiger partial charge in [-0.1, -0.05) is 146 Å². The lowest BCUT2D eigenvalue weighted by atomic mass is 10.0.